The van der Waals surface area contributed by atoms with Crippen LogP contribution in [0.1, 0.15) is 38.7 Å². The van der Waals surface area contributed by atoms with Gasteiger partial charge in [0.1, 0.15) is 0 Å². The molecule has 2 rings (SSSR count). The molecule has 148 valence electrons. The Morgan fingerprint density at radius 2 is 1.96 bits per heavy atom. The third kappa shape index (κ3) is 5.37. The van der Waals surface area contributed by atoms with Gasteiger partial charge in [0, 0.05) is 0 Å². The molecule has 0 bridgehead atoms. The van der Waals surface area contributed by atoms with E-state index in [1.807, 2.05) is 44.2 Å². The van der Waals surface area contributed by atoms with Gasteiger partial charge in [0.25, 0.3) is 0 Å². The summed E-state index contributed by atoms with van der Waals surface area (Å²) in [5.74, 6) is -1.80. The number of amides is 2. The SMILES string of the molecule is CC[C@H](C)[C@H](N)C(=O)N(Cc1ccccc1)C(=O)[C@@H]1CCCN1CC(=O)O. The Balaban J connectivity index is 2.26. The molecule has 3 N–H and O–H groups in total. The van der Waals surface area contributed by atoms with Crippen molar-refractivity contribution in [1.29, 1.82) is 0 Å². The maximum absolute atomic E-state index is 13.2. The Labute approximate surface area is 160 Å². The van der Waals surface area contributed by atoms with Crippen molar-refractivity contribution >= 4 is 17.8 Å². The molecule has 7 heteroatoms. The fourth-order valence-electron chi connectivity index (χ4n) is 3.36. The number of benzene rings is 1. The van der Waals surface area contributed by atoms with E-state index in [4.69, 9.17) is 10.8 Å². The van der Waals surface area contributed by atoms with Crippen LogP contribution in [0, 0.1) is 5.92 Å². The topological polar surface area (TPSA) is 104 Å². The number of carboxylic acids is 1. The number of carbonyl (C=O) groups excluding carboxylic acids is 2. The van der Waals surface area contributed by atoms with Gasteiger partial charge in [-0.15, -0.1) is 0 Å². The molecule has 0 spiro atoms. The van der Waals surface area contributed by atoms with Crippen LogP contribution in [0.15, 0.2) is 30.3 Å². The van der Waals surface area contributed by atoms with Gasteiger partial charge in [0.05, 0.1) is 25.2 Å². The van der Waals surface area contributed by atoms with E-state index in [0.717, 1.165) is 18.4 Å². The number of nitrogens with zero attached hydrogens (tertiary/aromatic N) is 2. The Kier molecular flexibility index (Phi) is 7.50. The maximum Gasteiger partial charge on any atom is 0.317 e. The molecule has 1 aliphatic rings. The Morgan fingerprint density at radius 3 is 2.56 bits per heavy atom. The zero-order valence-electron chi connectivity index (χ0n) is 16.0. The molecule has 1 aromatic rings. The van der Waals surface area contributed by atoms with Crippen molar-refractivity contribution in [3.63, 3.8) is 0 Å². The van der Waals surface area contributed by atoms with Crippen molar-refractivity contribution in [3.8, 4) is 0 Å². The fraction of sp³-hybridized carbons (Fsp3) is 0.550. The minimum absolute atomic E-state index is 0.0534. The summed E-state index contributed by atoms with van der Waals surface area (Å²) in [6.07, 6.45) is 2.01. The number of carbonyl (C=O) groups is 3. The molecular formula is C20H29N3O4. The summed E-state index contributed by atoms with van der Waals surface area (Å²) in [6, 6.07) is 7.91. The number of aliphatic carboxylic acids is 1. The van der Waals surface area contributed by atoms with Crippen molar-refractivity contribution in [3.05, 3.63) is 35.9 Å². The zero-order valence-corrected chi connectivity index (χ0v) is 16.0. The molecule has 0 unspecified atom stereocenters. The second-order valence-electron chi connectivity index (χ2n) is 7.18. The first-order chi connectivity index (χ1) is 12.8. The molecule has 0 aliphatic carbocycles. The number of hydrogen-bond acceptors (Lipinski definition) is 5. The van der Waals surface area contributed by atoms with Crippen LogP contribution < -0.4 is 5.73 Å². The molecule has 2 amide bonds. The largest absolute Gasteiger partial charge is 0.480 e. The number of imide groups is 1. The number of nitrogens with two attached hydrogens (primary N) is 1. The average molecular weight is 375 g/mol. The highest BCUT2D eigenvalue weighted by molar-refractivity contribution is 6.00. The zero-order chi connectivity index (χ0) is 20.0. The van der Waals surface area contributed by atoms with Crippen molar-refractivity contribution in [2.45, 2.75) is 51.7 Å². The Bertz CT molecular complexity index is 664. The van der Waals surface area contributed by atoms with E-state index < -0.39 is 24.0 Å². The molecule has 3 atom stereocenters. The van der Waals surface area contributed by atoms with Crippen molar-refractivity contribution < 1.29 is 19.5 Å². The van der Waals surface area contributed by atoms with Crippen LogP contribution >= 0.6 is 0 Å². The molecule has 1 aromatic carbocycles. The normalized spacial score (nSPS) is 19.4. The smallest absolute Gasteiger partial charge is 0.317 e. The third-order valence-corrected chi connectivity index (χ3v) is 5.24. The summed E-state index contributed by atoms with van der Waals surface area (Å²) >= 11 is 0. The Morgan fingerprint density at radius 1 is 1.30 bits per heavy atom. The maximum atomic E-state index is 13.2. The van der Waals surface area contributed by atoms with Gasteiger partial charge in [-0.1, -0.05) is 50.6 Å². The molecule has 27 heavy (non-hydrogen) atoms. The highest BCUT2D eigenvalue weighted by atomic mass is 16.4. The number of rotatable bonds is 8. The van der Waals surface area contributed by atoms with Gasteiger partial charge in [-0.3, -0.25) is 24.2 Å². The van der Waals surface area contributed by atoms with Gasteiger partial charge >= 0.3 is 5.97 Å². The molecule has 0 aromatic heterocycles. The molecule has 7 nitrogen and oxygen atoms in total. The number of likely N-dealkylation sites (tertiary alicyclic amines) is 1. The van der Waals surface area contributed by atoms with Gasteiger partial charge in [-0.2, -0.15) is 0 Å². The van der Waals surface area contributed by atoms with Gasteiger partial charge in [-0.25, -0.2) is 0 Å². The molecule has 1 heterocycles. The first-order valence-electron chi connectivity index (χ1n) is 9.45. The van der Waals surface area contributed by atoms with E-state index >= 15 is 0 Å². The lowest BCUT2D eigenvalue weighted by molar-refractivity contribution is -0.150. The molecule has 1 saturated heterocycles. The molecule has 1 aliphatic heterocycles. The summed E-state index contributed by atoms with van der Waals surface area (Å²) in [6.45, 7) is 4.31. The van der Waals surface area contributed by atoms with E-state index in [2.05, 4.69) is 0 Å². The first kappa shape index (κ1) is 21.1. The van der Waals surface area contributed by atoms with E-state index in [-0.39, 0.29) is 24.9 Å². The van der Waals surface area contributed by atoms with Crippen LogP contribution in [0.25, 0.3) is 0 Å². The summed E-state index contributed by atoms with van der Waals surface area (Å²) in [5.41, 5.74) is 6.96. The van der Waals surface area contributed by atoms with Gasteiger partial charge in [0.2, 0.25) is 11.8 Å². The van der Waals surface area contributed by atoms with Gasteiger partial charge < -0.3 is 10.8 Å². The summed E-state index contributed by atoms with van der Waals surface area (Å²) in [4.78, 5) is 40.2. The number of hydrogen-bond donors (Lipinski definition) is 2. The summed E-state index contributed by atoms with van der Waals surface area (Å²) < 4.78 is 0. The molecular weight excluding hydrogens is 346 g/mol. The summed E-state index contributed by atoms with van der Waals surface area (Å²) in [7, 11) is 0. The van der Waals surface area contributed by atoms with E-state index in [1.54, 1.807) is 4.90 Å². The van der Waals surface area contributed by atoms with E-state index in [0.29, 0.717) is 13.0 Å². The van der Waals surface area contributed by atoms with Gasteiger partial charge in [-0.05, 0) is 30.9 Å². The standard InChI is InChI=1S/C20H29N3O4/c1-3-14(2)18(21)20(27)23(12-15-8-5-4-6-9-15)19(26)16-10-7-11-22(16)13-17(24)25/h4-6,8-9,14,16,18H,3,7,10-13,21H2,1-2H3,(H,24,25)/t14-,16-,18-/m0/s1. The summed E-state index contributed by atoms with van der Waals surface area (Å²) in [5, 5.41) is 9.10. The van der Waals surface area contributed by atoms with Crippen LogP contribution in [0.3, 0.4) is 0 Å². The van der Waals surface area contributed by atoms with Crippen LogP contribution in [0.2, 0.25) is 0 Å². The lowest BCUT2D eigenvalue weighted by atomic mass is 9.98. The lowest BCUT2D eigenvalue weighted by Crippen LogP contribution is -2.54. The Hall–Kier alpha value is -2.25. The minimum atomic E-state index is -0.980. The predicted octanol–water partition coefficient (Wildman–Crippen LogP) is 1.46. The second kappa shape index (κ2) is 9.62. The highest BCUT2D eigenvalue weighted by Gasteiger charge is 2.38. The van der Waals surface area contributed by atoms with Crippen LogP contribution in [0.5, 0.6) is 0 Å². The quantitative estimate of drug-likeness (QED) is 0.713. The van der Waals surface area contributed by atoms with E-state index in [1.165, 1.54) is 4.90 Å². The van der Waals surface area contributed by atoms with Crippen molar-refractivity contribution in [1.82, 2.24) is 9.80 Å². The second-order valence-corrected chi connectivity index (χ2v) is 7.18. The lowest BCUT2D eigenvalue weighted by Gasteiger charge is -2.31. The predicted molar refractivity (Wildman–Crippen MR) is 102 cm³/mol. The third-order valence-electron chi connectivity index (χ3n) is 5.24. The fourth-order valence-corrected chi connectivity index (χ4v) is 3.36. The average Bonchev–Trinajstić information content (AvgIpc) is 3.12. The van der Waals surface area contributed by atoms with Gasteiger partial charge in [0.15, 0.2) is 0 Å². The molecule has 1 fully saturated rings. The van der Waals surface area contributed by atoms with E-state index in [9.17, 15) is 14.4 Å². The molecule has 0 radical (unpaired) electrons. The van der Waals surface area contributed by atoms with Crippen LogP contribution in [-0.4, -0.2) is 57.9 Å². The van der Waals surface area contributed by atoms with Crippen molar-refractivity contribution in [2.24, 2.45) is 11.7 Å². The first-order valence-corrected chi connectivity index (χ1v) is 9.45. The monoisotopic (exact) mass is 375 g/mol. The highest BCUT2D eigenvalue weighted by Crippen LogP contribution is 2.21. The number of carboxylic acid groups (broad SMARTS) is 1. The van der Waals surface area contributed by atoms with Crippen LogP contribution in [-0.2, 0) is 20.9 Å². The molecule has 0 saturated carbocycles. The van der Waals surface area contributed by atoms with Crippen molar-refractivity contribution in [2.75, 3.05) is 13.1 Å². The minimum Gasteiger partial charge on any atom is -0.480 e. The van der Waals surface area contributed by atoms with Crippen LogP contribution in [0.4, 0.5) is 0 Å².